The third-order valence-electron chi connectivity index (χ3n) is 4.32. The zero-order valence-corrected chi connectivity index (χ0v) is 13.7. The van der Waals surface area contributed by atoms with E-state index < -0.39 is 5.60 Å². The van der Waals surface area contributed by atoms with Crippen molar-refractivity contribution in [2.45, 2.75) is 59.0 Å². The molecule has 118 valence electrons. The summed E-state index contributed by atoms with van der Waals surface area (Å²) in [5.41, 5.74) is 0.656. The molecule has 1 aromatic heterocycles. The Morgan fingerprint density at radius 2 is 1.81 bits per heavy atom. The second-order valence-corrected chi connectivity index (χ2v) is 6.99. The van der Waals surface area contributed by atoms with E-state index in [2.05, 4.69) is 34.4 Å². The van der Waals surface area contributed by atoms with Crippen LogP contribution in [0.5, 0.6) is 0 Å². The molecule has 0 aliphatic heterocycles. The molecule has 1 fully saturated rings. The van der Waals surface area contributed by atoms with Gasteiger partial charge in [0.05, 0.1) is 5.60 Å². The van der Waals surface area contributed by atoms with Crippen LogP contribution in [0.3, 0.4) is 0 Å². The molecule has 0 aromatic carbocycles. The number of hydrogen-bond acceptors (Lipinski definition) is 5. The van der Waals surface area contributed by atoms with E-state index in [-0.39, 0.29) is 0 Å². The predicted octanol–water partition coefficient (Wildman–Crippen LogP) is 2.96. The van der Waals surface area contributed by atoms with E-state index >= 15 is 0 Å². The van der Waals surface area contributed by atoms with Gasteiger partial charge in [0, 0.05) is 24.8 Å². The Hall–Kier alpha value is -1.36. The lowest BCUT2D eigenvalue weighted by molar-refractivity contribution is -0.0145. The Morgan fingerprint density at radius 1 is 1.14 bits per heavy atom. The number of aliphatic hydroxyl groups is 1. The lowest BCUT2D eigenvalue weighted by Gasteiger charge is -2.40. The molecule has 5 nitrogen and oxygen atoms in total. The van der Waals surface area contributed by atoms with Crippen LogP contribution in [0.1, 0.15) is 52.1 Å². The predicted molar refractivity (Wildman–Crippen MR) is 86.6 cm³/mol. The lowest BCUT2D eigenvalue weighted by atomic mass is 9.71. The summed E-state index contributed by atoms with van der Waals surface area (Å²) in [4.78, 5) is 8.75. The van der Waals surface area contributed by atoms with E-state index in [0.29, 0.717) is 17.9 Å². The monoisotopic (exact) mass is 292 g/mol. The first kappa shape index (κ1) is 16.0. The number of nitrogens with zero attached hydrogens (tertiary/aromatic N) is 2. The van der Waals surface area contributed by atoms with Crippen LogP contribution in [0.15, 0.2) is 6.07 Å². The summed E-state index contributed by atoms with van der Waals surface area (Å²) in [5, 5.41) is 17.1. The molecule has 0 bridgehead atoms. The average molecular weight is 292 g/mol. The van der Waals surface area contributed by atoms with Crippen molar-refractivity contribution in [1.29, 1.82) is 0 Å². The standard InChI is InChI=1S/C16H28N4O/c1-5-17-14-19-12(2)10-13(20-14)18-11-16(21)8-6-15(3,4)7-9-16/h10,21H,5-9,11H2,1-4H3,(H2,17,18,19,20). The van der Waals surface area contributed by atoms with Gasteiger partial charge in [-0.15, -0.1) is 0 Å². The van der Waals surface area contributed by atoms with Crippen molar-refractivity contribution < 1.29 is 5.11 Å². The summed E-state index contributed by atoms with van der Waals surface area (Å²) in [6.07, 6.45) is 3.82. The third-order valence-corrected chi connectivity index (χ3v) is 4.32. The topological polar surface area (TPSA) is 70.1 Å². The highest BCUT2D eigenvalue weighted by Gasteiger charge is 2.36. The first-order valence-electron chi connectivity index (χ1n) is 7.88. The first-order chi connectivity index (χ1) is 9.82. The smallest absolute Gasteiger partial charge is 0.224 e. The van der Waals surface area contributed by atoms with Gasteiger partial charge in [-0.1, -0.05) is 13.8 Å². The van der Waals surface area contributed by atoms with Crippen LogP contribution in [0.2, 0.25) is 0 Å². The van der Waals surface area contributed by atoms with E-state index in [9.17, 15) is 5.11 Å². The van der Waals surface area contributed by atoms with Crippen LogP contribution in [0.25, 0.3) is 0 Å². The van der Waals surface area contributed by atoms with Gasteiger partial charge in [-0.3, -0.25) is 0 Å². The number of nitrogens with one attached hydrogen (secondary N) is 2. The zero-order chi connectivity index (χ0) is 15.5. The fourth-order valence-corrected chi connectivity index (χ4v) is 2.72. The first-order valence-corrected chi connectivity index (χ1v) is 7.88. The van der Waals surface area contributed by atoms with Gasteiger partial charge in [0.25, 0.3) is 0 Å². The molecule has 1 aliphatic carbocycles. The molecule has 3 N–H and O–H groups in total. The number of aromatic nitrogens is 2. The van der Waals surface area contributed by atoms with Crippen molar-refractivity contribution in [2.75, 3.05) is 23.7 Å². The zero-order valence-electron chi connectivity index (χ0n) is 13.7. The van der Waals surface area contributed by atoms with Gasteiger partial charge in [-0.25, -0.2) is 4.98 Å². The molecule has 0 spiro atoms. The summed E-state index contributed by atoms with van der Waals surface area (Å²) in [6.45, 7) is 9.86. The molecule has 21 heavy (non-hydrogen) atoms. The van der Waals surface area contributed by atoms with Crippen molar-refractivity contribution in [3.63, 3.8) is 0 Å². The molecular weight excluding hydrogens is 264 g/mol. The molecule has 0 atom stereocenters. The van der Waals surface area contributed by atoms with Crippen LogP contribution < -0.4 is 10.6 Å². The second-order valence-electron chi connectivity index (χ2n) is 6.99. The van der Waals surface area contributed by atoms with Gasteiger partial charge >= 0.3 is 0 Å². The second kappa shape index (κ2) is 6.18. The molecule has 0 radical (unpaired) electrons. The molecule has 5 heteroatoms. The maximum absolute atomic E-state index is 10.7. The maximum Gasteiger partial charge on any atom is 0.224 e. The van der Waals surface area contributed by atoms with Crippen molar-refractivity contribution in [3.8, 4) is 0 Å². The van der Waals surface area contributed by atoms with Crippen molar-refractivity contribution in [3.05, 3.63) is 11.8 Å². The summed E-state index contributed by atoms with van der Waals surface area (Å²) in [6, 6.07) is 1.91. The van der Waals surface area contributed by atoms with Crippen LogP contribution >= 0.6 is 0 Å². The van der Waals surface area contributed by atoms with Crippen molar-refractivity contribution in [1.82, 2.24) is 9.97 Å². The average Bonchev–Trinajstić information content (AvgIpc) is 2.41. The summed E-state index contributed by atoms with van der Waals surface area (Å²) >= 11 is 0. The summed E-state index contributed by atoms with van der Waals surface area (Å²) in [5.74, 6) is 1.41. The highest BCUT2D eigenvalue weighted by Crippen LogP contribution is 2.40. The van der Waals surface area contributed by atoms with E-state index in [0.717, 1.165) is 43.7 Å². The van der Waals surface area contributed by atoms with Crippen LogP contribution in [-0.2, 0) is 0 Å². The van der Waals surface area contributed by atoms with Crippen molar-refractivity contribution in [2.24, 2.45) is 5.41 Å². The SMILES string of the molecule is CCNc1nc(C)cc(NCC2(O)CCC(C)(C)CC2)n1. The van der Waals surface area contributed by atoms with Gasteiger partial charge in [0.15, 0.2) is 0 Å². The molecule has 1 saturated carbocycles. The van der Waals surface area contributed by atoms with Crippen molar-refractivity contribution >= 4 is 11.8 Å². The minimum absolute atomic E-state index is 0.357. The molecule has 0 saturated heterocycles. The van der Waals surface area contributed by atoms with Crippen LogP contribution in [-0.4, -0.2) is 33.8 Å². The van der Waals surface area contributed by atoms with Gasteiger partial charge in [0.2, 0.25) is 5.95 Å². The Kier molecular flexibility index (Phi) is 4.71. The lowest BCUT2D eigenvalue weighted by Crippen LogP contribution is -2.42. The highest BCUT2D eigenvalue weighted by atomic mass is 16.3. The van der Waals surface area contributed by atoms with E-state index in [1.165, 1.54) is 0 Å². The molecule has 0 amide bonds. The number of rotatable bonds is 5. The van der Waals surface area contributed by atoms with Crippen LogP contribution in [0.4, 0.5) is 11.8 Å². The Morgan fingerprint density at radius 3 is 2.43 bits per heavy atom. The normalized spacial score (nSPS) is 20.0. The molecule has 1 aromatic rings. The van der Waals surface area contributed by atoms with Gasteiger partial charge < -0.3 is 15.7 Å². The fourth-order valence-electron chi connectivity index (χ4n) is 2.72. The molecule has 1 aliphatic rings. The van der Waals surface area contributed by atoms with E-state index in [4.69, 9.17) is 0 Å². The van der Waals surface area contributed by atoms with Crippen LogP contribution in [0, 0.1) is 12.3 Å². The highest BCUT2D eigenvalue weighted by molar-refractivity contribution is 5.42. The summed E-state index contributed by atoms with van der Waals surface area (Å²) < 4.78 is 0. The molecule has 0 unspecified atom stereocenters. The van der Waals surface area contributed by atoms with E-state index in [1.54, 1.807) is 0 Å². The quantitative estimate of drug-likeness (QED) is 0.778. The largest absolute Gasteiger partial charge is 0.388 e. The van der Waals surface area contributed by atoms with E-state index in [1.807, 2.05) is 19.9 Å². The Labute approximate surface area is 127 Å². The third kappa shape index (κ3) is 4.56. The maximum atomic E-state index is 10.7. The molecule has 1 heterocycles. The Bertz CT molecular complexity index is 477. The van der Waals surface area contributed by atoms with Gasteiger partial charge in [-0.05, 0) is 44.9 Å². The molecule has 2 rings (SSSR count). The Balaban J connectivity index is 1.96. The minimum Gasteiger partial charge on any atom is -0.388 e. The minimum atomic E-state index is -0.618. The van der Waals surface area contributed by atoms with Gasteiger partial charge in [0.1, 0.15) is 5.82 Å². The molecular formula is C16H28N4O. The fraction of sp³-hybridized carbons (Fsp3) is 0.750. The number of anilines is 2. The number of hydrogen-bond donors (Lipinski definition) is 3. The van der Waals surface area contributed by atoms with Gasteiger partial charge in [-0.2, -0.15) is 4.98 Å². The summed E-state index contributed by atoms with van der Waals surface area (Å²) in [7, 11) is 0. The number of aryl methyl sites for hydroxylation is 1.